The van der Waals surface area contributed by atoms with Gasteiger partial charge in [-0.05, 0) is 18.6 Å². The first-order chi connectivity index (χ1) is 14.3. The second-order valence-corrected chi connectivity index (χ2v) is 6.82. The topological polar surface area (TPSA) is 108 Å². The van der Waals surface area contributed by atoms with E-state index in [9.17, 15) is 19.2 Å². The number of Topliss-reactive ketones (excluding diaryl/α,β-unsaturated/α-hetero) is 1. The normalized spacial score (nSPS) is 11.2. The number of carbonyl (C=O) groups excluding carboxylic acids is 4. The van der Waals surface area contributed by atoms with Gasteiger partial charge in [-0.2, -0.15) is 0 Å². The van der Waals surface area contributed by atoms with Crippen LogP contribution in [0.3, 0.4) is 0 Å². The Morgan fingerprint density at radius 2 is 1.80 bits per heavy atom. The van der Waals surface area contributed by atoms with Gasteiger partial charge in [0.2, 0.25) is 0 Å². The molecule has 8 nitrogen and oxygen atoms in total. The third-order valence-electron chi connectivity index (χ3n) is 3.66. The summed E-state index contributed by atoms with van der Waals surface area (Å²) in [5, 5.41) is 2.37. The highest BCUT2D eigenvalue weighted by Gasteiger charge is 2.27. The van der Waals surface area contributed by atoms with Crippen molar-refractivity contribution in [3.8, 4) is 0 Å². The number of ketones is 1. The summed E-state index contributed by atoms with van der Waals surface area (Å²) in [6.45, 7) is 4.71. The van der Waals surface area contributed by atoms with Gasteiger partial charge in [-0.3, -0.25) is 9.59 Å². The summed E-state index contributed by atoms with van der Waals surface area (Å²) in [4.78, 5) is 48.4. The molecule has 10 heteroatoms. The van der Waals surface area contributed by atoms with Gasteiger partial charge in [0.15, 0.2) is 12.4 Å². The van der Waals surface area contributed by atoms with E-state index >= 15 is 0 Å². The van der Waals surface area contributed by atoms with E-state index in [0.29, 0.717) is 6.42 Å². The molecule has 1 amide bonds. The molecule has 0 saturated heterocycles. The SMILES string of the molecule is C=CCOC(=O)N[C@@H](CC(=O)OCCCC)C(=O)COC(=O)c1c(Cl)cccc1Cl. The van der Waals surface area contributed by atoms with Gasteiger partial charge < -0.3 is 19.5 Å². The average Bonchev–Trinajstić information content (AvgIpc) is 2.70. The number of benzene rings is 1. The first-order valence-corrected chi connectivity index (χ1v) is 9.89. The number of halogens is 2. The molecule has 1 atom stereocenters. The number of hydrogen-bond donors (Lipinski definition) is 1. The Morgan fingerprint density at radius 1 is 1.13 bits per heavy atom. The van der Waals surface area contributed by atoms with Crippen LogP contribution in [0.25, 0.3) is 0 Å². The number of amides is 1. The zero-order valence-corrected chi connectivity index (χ0v) is 18.0. The molecule has 0 fully saturated rings. The maximum Gasteiger partial charge on any atom is 0.408 e. The van der Waals surface area contributed by atoms with Crippen molar-refractivity contribution < 1.29 is 33.4 Å². The number of esters is 2. The molecule has 0 aliphatic rings. The molecular weight excluding hydrogens is 437 g/mol. The van der Waals surface area contributed by atoms with E-state index in [1.54, 1.807) is 6.07 Å². The second-order valence-electron chi connectivity index (χ2n) is 6.00. The number of unbranched alkanes of at least 4 members (excludes halogenated alkanes) is 1. The maximum absolute atomic E-state index is 12.5. The lowest BCUT2D eigenvalue weighted by Gasteiger charge is -2.17. The second kappa shape index (κ2) is 13.6. The summed E-state index contributed by atoms with van der Waals surface area (Å²) in [5.74, 6) is -2.35. The number of carbonyl (C=O) groups is 4. The molecule has 1 rings (SSSR count). The standard InChI is InChI=1S/C20H23Cl2NO7/c1-3-5-10-28-17(25)11-15(23-20(27)29-9-4-2)16(24)12-30-19(26)18-13(21)7-6-8-14(18)22/h4,6-8,15H,2-3,5,9-12H2,1H3,(H,23,27)/t15-/m0/s1. The molecule has 0 bridgehead atoms. The lowest BCUT2D eigenvalue weighted by atomic mass is 10.1. The number of nitrogens with one attached hydrogen (secondary N) is 1. The van der Waals surface area contributed by atoms with E-state index in [1.165, 1.54) is 18.2 Å². The smallest absolute Gasteiger partial charge is 0.408 e. The Morgan fingerprint density at radius 3 is 2.40 bits per heavy atom. The zero-order chi connectivity index (χ0) is 22.5. The maximum atomic E-state index is 12.5. The average molecular weight is 460 g/mol. The highest BCUT2D eigenvalue weighted by molar-refractivity contribution is 6.39. The van der Waals surface area contributed by atoms with Crippen molar-refractivity contribution in [1.29, 1.82) is 0 Å². The van der Waals surface area contributed by atoms with Crippen LogP contribution in [-0.2, 0) is 23.8 Å². The van der Waals surface area contributed by atoms with E-state index in [0.717, 1.165) is 6.42 Å². The summed E-state index contributed by atoms with van der Waals surface area (Å²) >= 11 is 11.9. The monoisotopic (exact) mass is 459 g/mol. The number of ether oxygens (including phenoxy) is 3. The van der Waals surface area contributed by atoms with Crippen molar-refractivity contribution in [3.63, 3.8) is 0 Å². The van der Waals surface area contributed by atoms with Crippen LogP contribution < -0.4 is 5.32 Å². The lowest BCUT2D eigenvalue weighted by Crippen LogP contribution is -2.44. The molecule has 0 aromatic heterocycles. The van der Waals surface area contributed by atoms with Crippen molar-refractivity contribution in [3.05, 3.63) is 46.5 Å². The number of rotatable bonds is 12. The summed E-state index contributed by atoms with van der Waals surface area (Å²) in [6, 6.07) is 3.12. The molecule has 30 heavy (non-hydrogen) atoms. The molecule has 1 N–H and O–H groups in total. The van der Waals surface area contributed by atoms with Gasteiger partial charge in [-0.15, -0.1) is 0 Å². The van der Waals surface area contributed by atoms with E-state index in [4.69, 9.17) is 37.4 Å². The Labute approximate surface area is 184 Å². The third kappa shape index (κ3) is 8.84. The van der Waals surface area contributed by atoms with Gasteiger partial charge in [-0.25, -0.2) is 9.59 Å². The van der Waals surface area contributed by atoms with Crippen molar-refractivity contribution in [2.45, 2.75) is 32.2 Å². The van der Waals surface area contributed by atoms with Crippen LogP contribution in [0.2, 0.25) is 10.0 Å². The predicted molar refractivity (Wildman–Crippen MR) is 111 cm³/mol. The predicted octanol–water partition coefficient (Wildman–Crippen LogP) is 3.73. The molecule has 0 aliphatic carbocycles. The van der Waals surface area contributed by atoms with Gasteiger partial charge in [0.25, 0.3) is 0 Å². The summed E-state index contributed by atoms with van der Waals surface area (Å²) < 4.78 is 14.7. The van der Waals surface area contributed by atoms with Gasteiger partial charge in [0, 0.05) is 0 Å². The van der Waals surface area contributed by atoms with Crippen LogP contribution >= 0.6 is 23.2 Å². The molecule has 0 unspecified atom stereocenters. The zero-order valence-electron chi connectivity index (χ0n) is 16.5. The summed E-state index contributed by atoms with van der Waals surface area (Å²) in [6.07, 6.45) is 1.44. The van der Waals surface area contributed by atoms with Gasteiger partial charge in [0.1, 0.15) is 12.6 Å². The van der Waals surface area contributed by atoms with E-state index in [2.05, 4.69) is 11.9 Å². The van der Waals surface area contributed by atoms with Crippen LogP contribution in [0.5, 0.6) is 0 Å². The molecule has 1 aromatic rings. The minimum atomic E-state index is -1.31. The molecule has 1 aromatic carbocycles. The highest BCUT2D eigenvalue weighted by atomic mass is 35.5. The fourth-order valence-electron chi connectivity index (χ4n) is 2.12. The van der Waals surface area contributed by atoms with Crippen LogP contribution in [-0.4, -0.2) is 49.7 Å². The first-order valence-electron chi connectivity index (χ1n) is 9.13. The van der Waals surface area contributed by atoms with Crippen molar-refractivity contribution in [2.24, 2.45) is 0 Å². The minimum absolute atomic E-state index is 0.0575. The Hall–Kier alpha value is -2.58. The fourth-order valence-corrected chi connectivity index (χ4v) is 2.67. The van der Waals surface area contributed by atoms with Crippen LogP contribution in [0.4, 0.5) is 4.79 Å². The number of alkyl carbamates (subject to hydrolysis) is 1. The summed E-state index contributed by atoms with van der Waals surface area (Å²) in [5.41, 5.74) is -0.0949. The largest absolute Gasteiger partial charge is 0.466 e. The molecule has 0 aliphatic heterocycles. The van der Waals surface area contributed by atoms with Crippen molar-refractivity contribution >= 4 is 47.0 Å². The Bertz CT molecular complexity index is 762. The van der Waals surface area contributed by atoms with Crippen molar-refractivity contribution in [2.75, 3.05) is 19.8 Å². The van der Waals surface area contributed by atoms with E-state index in [1.807, 2.05) is 6.92 Å². The van der Waals surface area contributed by atoms with E-state index < -0.39 is 42.9 Å². The molecule has 0 heterocycles. The van der Waals surface area contributed by atoms with E-state index in [-0.39, 0.29) is 28.8 Å². The lowest BCUT2D eigenvalue weighted by molar-refractivity contribution is -0.145. The minimum Gasteiger partial charge on any atom is -0.466 e. The molecule has 0 radical (unpaired) electrons. The molecule has 164 valence electrons. The molecule has 0 saturated carbocycles. The fraction of sp³-hybridized carbons (Fsp3) is 0.400. The Balaban J connectivity index is 2.77. The Kier molecular flexibility index (Phi) is 11.5. The van der Waals surface area contributed by atoms with Crippen LogP contribution in [0, 0.1) is 0 Å². The molecule has 0 spiro atoms. The van der Waals surface area contributed by atoms with Crippen molar-refractivity contribution in [1.82, 2.24) is 5.32 Å². The van der Waals surface area contributed by atoms with Gasteiger partial charge in [-0.1, -0.05) is 55.3 Å². The summed E-state index contributed by atoms with van der Waals surface area (Å²) in [7, 11) is 0. The van der Waals surface area contributed by atoms with Gasteiger partial charge in [0.05, 0.1) is 28.6 Å². The first kappa shape index (κ1) is 25.5. The van der Waals surface area contributed by atoms with Crippen LogP contribution in [0.15, 0.2) is 30.9 Å². The van der Waals surface area contributed by atoms with Gasteiger partial charge >= 0.3 is 18.0 Å². The van der Waals surface area contributed by atoms with Crippen LogP contribution in [0.1, 0.15) is 36.5 Å². The third-order valence-corrected chi connectivity index (χ3v) is 4.29. The molecular formula is C20H23Cl2NO7. The quantitative estimate of drug-likeness (QED) is 0.219. The number of hydrogen-bond acceptors (Lipinski definition) is 7. The highest BCUT2D eigenvalue weighted by Crippen LogP contribution is 2.24.